The van der Waals surface area contributed by atoms with Gasteiger partial charge in [-0.15, -0.1) is 40.5 Å². The minimum atomic E-state index is -0.337. The SMILES string of the molecule is CC(C)(C)c1cc(-c2nccc3cc(-c4cc5ccccc5s4)oc23)[c-]c2ccccc12.CCC(C)(CC)C(=O)/C=C(\O)C(C)(CC)CC.[Ir]. The molecule has 3 aromatic heterocycles. The van der Waals surface area contributed by atoms with Crippen molar-refractivity contribution in [1.29, 1.82) is 0 Å². The summed E-state index contributed by atoms with van der Waals surface area (Å²) in [5, 5.41) is 14.8. The first-order valence-electron chi connectivity index (χ1n) is 17.6. The van der Waals surface area contributed by atoms with Crippen LogP contribution in [-0.2, 0) is 30.3 Å². The second-order valence-corrected chi connectivity index (χ2v) is 15.7. The van der Waals surface area contributed by atoms with Crippen molar-refractivity contribution in [2.24, 2.45) is 10.8 Å². The van der Waals surface area contributed by atoms with E-state index in [2.05, 4.69) is 93.6 Å². The number of carbonyl (C=O) groups is 1. The molecule has 0 unspecified atom stereocenters. The number of hydrogen-bond donors (Lipinski definition) is 1. The summed E-state index contributed by atoms with van der Waals surface area (Å²) in [5.41, 5.74) is 3.31. The van der Waals surface area contributed by atoms with Crippen molar-refractivity contribution >= 4 is 48.9 Å². The Hall–Kier alpha value is -3.57. The first-order chi connectivity index (χ1) is 23.3. The van der Waals surface area contributed by atoms with Crippen molar-refractivity contribution in [2.45, 2.75) is 93.4 Å². The first-order valence-corrected chi connectivity index (χ1v) is 18.4. The molecule has 3 aromatic carbocycles. The number of rotatable bonds is 9. The molecule has 1 radical (unpaired) electrons. The van der Waals surface area contributed by atoms with Crippen molar-refractivity contribution in [3.05, 3.63) is 102 Å². The molecule has 0 spiro atoms. The zero-order valence-corrected chi connectivity index (χ0v) is 34.1. The van der Waals surface area contributed by atoms with Gasteiger partial charge in [-0.25, -0.2) is 0 Å². The summed E-state index contributed by atoms with van der Waals surface area (Å²) in [6, 6.07) is 29.1. The summed E-state index contributed by atoms with van der Waals surface area (Å²) >= 11 is 1.75. The molecule has 0 fully saturated rings. The number of ketones is 1. The number of nitrogens with zero attached hydrogens (tertiary/aromatic N) is 1. The van der Waals surface area contributed by atoms with Crippen LogP contribution in [0.2, 0.25) is 0 Å². The quantitative estimate of drug-likeness (QED) is 0.0893. The van der Waals surface area contributed by atoms with Crippen LogP contribution in [0.15, 0.2) is 95.2 Å². The number of benzene rings is 3. The molecule has 0 saturated carbocycles. The van der Waals surface area contributed by atoms with E-state index in [-0.39, 0.29) is 47.9 Å². The Morgan fingerprint density at radius 1 is 0.840 bits per heavy atom. The summed E-state index contributed by atoms with van der Waals surface area (Å²) in [6.07, 6.45) is 6.62. The van der Waals surface area contributed by atoms with E-state index in [4.69, 9.17) is 9.40 Å². The number of fused-ring (bicyclic) bond motifs is 3. The molecular weight excluding hydrogens is 815 g/mol. The average molecular weight is 865 g/mol. The minimum absolute atomic E-state index is 0. The van der Waals surface area contributed by atoms with Gasteiger partial charge in [0, 0.05) is 59.0 Å². The molecule has 0 atom stereocenters. The van der Waals surface area contributed by atoms with E-state index in [0.29, 0.717) is 0 Å². The monoisotopic (exact) mass is 865 g/mol. The van der Waals surface area contributed by atoms with E-state index < -0.39 is 0 Å². The standard InChI is InChI=1S/C29H22NOS.C15H28O2.Ir/c1-29(2,3)23-15-21(14-18-8-4-6-10-22(18)23)27-28-20(12-13-30-27)16-24(31-28)26-17-19-9-5-7-11-25(19)32-26;1-7-14(5,8-2)12(16)11-13(17)15(6,9-3)10-4;/h4-13,15-17H,1-3H3;11,16H,7-10H2,1-6H3;/q-1;;/b;12-11-;. The van der Waals surface area contributed by atoms with Gasteiger partial charge in [0.2, 0.25) is 0 Å². The molecular formula is C44H50IrNO3S-. The molecule has 0 aliphatic carbocycles. The van der Waals surface area contributed by atoms with Crippen molar-refractivity contribution < 1.29 is 34.4 Å². The van der Waals surface area contributed by atoms with Crippen LogP contribution in [0.25, 0.3) is 53.7 Å². The summed E-state index contributed by atoms with van der Waals surface area (Å²) < 4.78 is 7.70. The van der Waals surface area contributed by atoms with Gasteiger partial charge in [-0.1, -0.05) is 110 Å². The second-order valence-electron chi connectivity index (χ2n) is 14.7. The Morgan fingerprint density at radius 2 is 1.48 bits per heavy atom. The molecule has 0 aliphatic heterocycles. The Bertz CT molecular complexity index is 2090. The Kier molecular flexibility index (Phi) is 12.4. The van der Waals surface area contributed by atoms with E-state index in [1.807, 2.05) is 53.8 Å². The van der Waals surface area contributed by atoms with Gasteiger partial charge in [-0.3, -0.25) is 9.78 Å². The third kappa shape index (κ3) is 7.99. The number of aliphatic hydroxyl groups is 1. The maximum absolute atomic E-state index is 12.2. The molecule has 3 heterocycles. The Morgan fingerprint density at radius 3 is 2.12 bits per heavy atom. The van der Waals surface area contributed by atoms with Gasteiger partial charge >= 0.3 is 0 Å². The van der Waals surface area contributed by atoms with Crippen LogP contribution in [-0.4, -0.2) is 15.9 Å². The van der Waals surface area contributed by atoms with E-state index >= 15 is 0 Å². The fourth-order valence-electron chi connectivity index (χ4n) is 6.04. The molecule has 0 bridgehead atoms. The van der Waals surface area contributed by atoms with E-state index in [0.717, 1.165) is 63.9 Å². The predicted molar refractivity (Wildman–Crippen MR) is 208 cm³/mol. The van der Waals surface area contributed by atoms with Gasteiger partial charge in [-0.2, -0.15) is 0 Å². The fraction of sp³-hybridized carbons (Fsp3) is 0.364. The van der Waals surface area contributed by atoms with Crippen molar-refractivity contribution in [3.8, 4) is 21.9 Å². The van der Waals surface area contributed by atoms with Crippen LogP contribution in [0, 0.1) is 16.9 Å². The number of carbonyl (C=O) groups excluding carboxylic acids is 1. The summed E-state index contributed by atoms with van der Waals surface area (Å²) in [4.78, 5) is 18.0. The third-order valence-electron chi connectivity index (χ3n) is 10.5. The second kappa shape index (κ2) is 15.8. The number of allylic oxidation sites excluding steroid dienone is 2. The molecule has 1 N–H and O–H groups in total. The number of pyridine rings is 1. The molecule has 6 aromatic rings. The number of aliphatic hydroxyl groups excluding tert-OH is 1. The average Bonchev–Trinajstić information content (AvgIpc) is 3.75. The smallest absolute Gasteiger partial charge is 0.164 e. The van der Waals surface area contributed by atoms with Gasteiger partial charge in [0.1, 0.15) is 17.1 Å². The zero-order chi connectivity index (χ0) is 35.6. The zero-order valence-electron chi connectivity index (χ0n) is 30.9. The van der Waals surface area contributed by atoms with Gasteiger partial charge in [0.05, 0.1) is 4.88 Å². The molecule has 0 amide bonds. The first kappa shape index (κ1) is 39.2. The largest absolute Gasteiger partial charge is 0.512 e. The molecule has 0 aliphatic rings. The topological polar surface area (TPSA) is 63.3 Å². The van der Waals surface area contributed by atoms with Gasteiger partial charge in [0.25, 0.3) is 0 Å². The van der Waals surface area contributed by atoms with Crippen LogP contribution in [0.3, 0.4) is 0 Å². The summed E-state index contributed by atoms with van der Waals surface area (Å²) in [6.45, 7) is 18.8. The fourth-order valence-corrected chi connectivity index (χ4v) is 7.06. The number of thiophene rings is 1. The third-order valence-corrected chi connectivity index (χ3v) is 11.7. The molecule has 0 saturated heterocycles. The molecule has 6 rings (SSSR count). The Labute approximate surface area is 315 Å². The van der Waals surface area contributed by atoms with Crippen molar-refractivity contribution in [2.75, 3.05) is 0 Å². The molecule has 265 valence electrons. The minimum Gasteiger partial charge on any atom is -0.512 e. The predicted octanol–water partition coefficient (Wildman–Crippen LogP) is 13.3. The van der Waals surface area contributed by atoms with E-state index in [1.165, 1.54) is 27.1 Å². The summed E-state index contributed by atoms with van der Waals surface area (Å²) in [7, 11) is 0. The number of furan rings is 1. The van der Waals surface area contributed by atoms with E-state index in [9.17, 15) is 9.90 Å². The molecule has 50 heavy (non-hydrogen) atoms. The number of aromatic nitrogens is 1. The maximum Gasteiger partial charge on any atom is 0.164 e. The van der Waals surface area contributed by atoms with Crippen LogP contribution >= 0.6 is 11.3 Å². The van der Waals surface area contributed by atoms with Gasteiger partial charge < -0.3 is 9.52 Å². The van der Waals surface area contributed by atoms with Gasteiger partial charge in [-0.05, 0) is 60.7 Å². The normalized spacial score (nSPS) is 12.5. The van der Waals surface area contributed by atoms with Crippen LogP contribution in [0.1, 0.15) is 93.6 Å². The van der Waals surface area contributed by atoms with Gasteiger partial charge in [0.15, 0.2) is 5.78 Å². The maximum atomic E-state index is 12.2. The summed E-state index contributed by atoms with van der Waals surface area (Å²) in [5.74, 6) is 1.17. The van der Waals surface area contributed by atoms with Crippen LogP contribution < -0.4 is 0 Å². The van der Waals surface area contributed by atoms with Crippen LogP contribution in [0.5, 0.6) is 0 Å². The van der Waals surface area contributed by atoms with Crippen molar-refractivity contribution in [3.63, 3.8) is 0 Å². The van der Waals surface area contributed by atoms with Crippen LogP contribution in [0.4, 0.5) is 0 Å². The van der Waals surface area contributed by atoms with E-state index in [1.54, 1.807) is 11.3 Å². The number of hydrogen-bond acceptors (Lipinski definition) is 5. The molecule has 4 nitrogen and oxygen atoms in total. The van der Waals surface area contributed by atoms with Crippen molar-refractivity contribution in [1.82, 2.24) is 4.98 Å². The Balaban J connectivity index is 0.000000269. The molecule has 6 heteroatoms.